The highest BCUT2D eigenvalue weighted by Crippen LogP contribution is 2.34. The zero-order chi connectivity index (χ0) is 14.9. The molecule has 0 saturated heterocycles. The third kappa shape index (κ3) is 2.98. The molecule has 2 rings (SSSR count). The zero-order valence-electron chi connectivity index (χ0n) is 9.86. The van der Waals surface area contributed by atoms with E-state index in [1.807, 2.05) is 0 Å². The lowest BCUT2D eigenvalue weighted by molar-refractivity contribution is 0.497. The number of sulfonamides is 1. The van der Waals surface area contributed by atoms with E-state index >= 15 is 0 Å². The number of nitrogens with two attached hydrogens (primary N) is 1. The highest BCUT2D eigenvalue weighted by molar-refractivity contribution is 9.10. The lowest BCUT2D eigenvalue weighted by Gasteiger charge is -2.10. The Morgan fingerprint density at radius 1 is 1.50 bits per heavy atom. The van der Waals surface area contributed by atoms with Gasteiger partial charge in [-0.15, -0.1) is 0 Å². The van der Waals surface area contributed by atoms with E-state index in [-0.39, 0.29) is 21.7 Å². The second-order valence-electron chi connectivity index (χ2n) is 3.80. The van der Waals surface area contributed by atoms with Crippen LogP contribution in [-0.4, -0.2) is 8.42 Å². The highest BCUT2D eigenvalue weighted by atomic mass is 79.9. The van der Waals surface area contributed by atoms with Crippen molar-refractivity contribution < 1.29 is 17.2 Å². The third-order valence-electron chi connectivity index (χ3n) is 2.46. The Balaban J connectivity index is 2.35. The Morgan fingerprint density at radius 3 is 2.80 bits per heavy atom. The van der Waals surface area contributed by atoms with Crippen LogP contribution in [-0.2, 0) is 16.6 Å². The summed E-state index contributed by atoms with van der Waals surface area (Å²) in [7, 11) is -4.10. The van der Waals surface area contributed by atoms with E-state index in [2.05, 4.69) is 20.7 Å². The standard InChI is InChI=1S/C11H9BrClFN2O3S/c12-9-7(13)4-8(10(14)11(9)15)20(17,18)16-5-6-2-1-3-19-6/h1-4,16H,5,15H2. The Bertz CT molecular complexity index is 735. The lowest BCUT2D eigenvalue weighted by Crippen LogP contribution is -2.24. The summed E-state index contributed by atoms with van der Waals surface area (Å²) >= 11 is 8.77. The van der Waals surface area contributed by atoms with E-state index in [1.54, 1.807) is 12.1 Å². The molecule has 0 radical (unpaired) electrons. The van der Waals surface area contributed by atoms with Crippen LogP contribution < -0.4 is 10.5 Å². The molecule has 5 nitrogen and oxygen atoms in total. The van der Waals surface area contributed by atoms with Gasteiger partial charge in [-0.1, -0.05) is 11.6 Å². The second-order valence-corrected chi connectivity index (χ2v) is 6.74. The molecule has 20 heavy (non-hydrogen) atoms. The smallest absolute Gasteiger partial charge is 0.244 e. The van der Waals surface area contributed by atoms with Crippen LogP contribution in [0.5, 0.6) is 0 Å². The Hall–Kier alpha value is -1.09. The predicted octanol–water partition coefficient (Wildman–Crippen LogP) is 2.90. The molecule has 1 aromatic heterocycles. The van der Waals surface area contributed by atoms with E-state index < -0.39 is 20.7 Å². The molecule has 0 atom stereocenters. The molecule has 9 heteroatoms. The fourth-order valence-corrected chi connectivity index (χ4v) is 3.12. The molecule has 0 saturated carbocycles. The Morgan fingerprint density at radius 2 is 2.20 bits per heavy atom. The van der Waals surface area contributed by atoms with Gasteiger partial charge in [-0.2, -0.15) is 0 Å². The number of hydrogen-bond acceptors (Lipinski definition) is 4. The second kappa shape index (κ2) is 5.72. The van der Waals surface area contributed by atoms with Crippen molar-refractivity contribution in [3.8, 4) is 0 Å². The quantitative estimate of drug-likeness (QED) is 0.628. The summed E-state index contributed by atoms with van der Waals surface area (Å²) in [6.45, 7) is -0.109. The molecule has 1 aromatic carbocycles. The largest absolute Gasteiger partial charge is 0.468 e. The maximum atomic E-state index is 13.9. The molecular weight excluding hydrogens is 375 g/mol. The van der Waals surface area contributed by atoms with Gasteiger partial charge in [-0.3, -0.25) is 0 Å². The molecule has 0 aliphatic heterocycles. The van der Waals surface area contributed by atoms with E-state index in [0.29, 0.717) is 5.76 Å². The Labute approximate surface area is 128 Å². The first-order chi connectivity index (χ1) is 9.33. The summed E-state index contributed by atoms with van der Waals surface area (Å²) in [5, 5.41) is 0.00211. The van der Waals surface area contributed by atoms with Crippen molar-refractivity contribution in [3.05, 3.63) is 45.5 Å². The molecule has 2 aromatic rings. The first kappa shape index (κ1) is 15.3. The summed E-state index contributed by atoms with van der Waals surface area (Å²) in [6.07, 6.45) is 1.40. The van der Waals surface area contributed by atoms with Crippen LogP contribution in [0.3, 0.4) is 0 Å². The fraction of sp³-hybridized carbons (Fsp3) is 0.0909. The number of halogens is 3. The van der Waals surface area contributed by atoms with Crippen molar-refractivity contribution in [3.63, 3.8) is 0 Å². The normalized spacial score (nSPS) is 11.8. The number of nitrogen functional groups attached to an aromatic ring is 1. The van der Waals surface area contributed by atoms with Gasteiger partial charge in [0.15, 0.2) is 5.82 Å². The first-order valence-corrected chi connectivity index (χ1v) is 7.93. The van der Waals surface area contributed by atoms with Gasteiger partial charge in [-0.05, 0) is 34.1 Å². The molecule has 1 heterocycles. The maximum absolute atomic E-state index is 13.9. The molecule has 0 spiro atoms. The predicted molar refractivity (Wildman–Crippen MR) is 76.3 cm³/mol. The summed E-state index contributed by atoms with van der Waals surface area (Å²) in [4.78, 5) is -0.616. The number of anilines is 1. The van der Waals surface area contributed by atoms with Crippen LogP contribution in [0, 0.1) is 5.82 Å². The maximum Gasteiger partial charge on any atom is 0.244 e. The summed E-state index contributed by atoms with van der Waals surface area (Å²) in [6, 6.07) is 4.18. The van der Waals surface area contributed by atoms with Gasteiger partial charge in [0.2, 0.25) is 10.0 Å². The van der Waals surface area contributed by atoms with E-state index in [9.17, 15) is 12.8 Å². The SMILES string of the molecule is Nc1c(F)c(S(=O)(=O)NCc2ccco2)cc(Cl)c1Br. The fourth-order valence-electron chi connectivity index (χ4n) is 1.45. The van der Waals surface area contributed by atoms with Crippen LogP contribution in [0.15, 0.2) is 38.2 Å². The molecule has 0 amide bonds. The first-order valence-electron chi connectivity index (χ1n) is 5.28. The number of hydrogen-bond donors (Lipinski definition) is 2. The van der Waals surface area contributed by atoms with Crippen molar-refractivity contribution in [1.82, 2.24) is 4.72 Å². The van der Waals surface area contributed by atoms with Crippen LogP contribution in [0.1, 0.15) is 5.76 Å². The molecule has 0 fully saturated rings. The molecular formula is C11H9BrClFN2O3S. The van der Waals surface area contributed by atoms with E-state index in [4.69, 9.17) is 21.8 Å². The molecule has 0 aliphatic carbocycles. The number of benzene rings is 1. The van der Waals surface area contributed by atoms with Crippen molar-refractivity contribution in [2.45, 2.75) is 11.4 Å². The zero-order valence-corrected chi connectivity index (χ0v) is 13.0. The minimum Gasteiger partial charge on any atom is -0.468 e. The molecule has 0 aliphatic rings. The van der Waals surface area contributed by atoms with Gasteiger partial charge < -0.3 is 10.2 Å². The number of furan rings is 1. The minimum absolute atomic E-state index is 0.00211. The van der Waals surface area contributed by atoms with Gasteiger partial charge in [-0.25, -0.2) is 17.5 Å². The van der Waals surface area contributed by atoms with Gasteiger partial charge in [0.25, 0.3) is 0 Å². The molecule has 0 bridgehead atoms. The van der Waals surface area contributed by atoms with Crippen LogP contribution in [0.2, 0.25) is 5.02 Å². The summed E-state index contributed by atoms with van der Waals surface area (Å²) in [5.41, 5.74) is 5.09. The minimum atomic E-state index is -4.10. The van der Waals surface area contributed by atoms with Gasteiger partial charge in [0.1, 0.15) is 10.7 Å². The van der Waals surface area contributed by atoms with Gasteiger partial charge in [0, 0.05) is 0 Å². The average Bonchev–Trinajstić information content (AvgIpc) is 2.91. The van der Waals surface area contributed by atoms with Crippen LogP contribution >= 0.6 is 27.5 Å². The van der Waals surface area contributed by atoms with E-state index in [1.165, 1.54) is 6.26 Å². The van der Waals surface area contributed by atoms with Crippen molar-refractivity contribution >= 4 is 43.2 Å². The van der Waals surface area contributed by atoms with Gasteiger partial charge in [0.05, 0.1) is 28.0 Å². The topological polar surface area (TPSA) is 85.3 Å². The van der Waals surface area contributed by atoms with Gasteiger partial charge >= 0.3 is 0 Å². The van der Waals surface area contributed by atoms with Crippen molar-refractivity contribution in [2.24, 2.45) is 0 Å². The molecule has 108 valence electrons. The Kier molecular flexibility index (Phi) is 4.38. The number of rotatable bonds is 4. The summed E-state index contributed by atoms with van der Waals surface area (Å²) in [5.74, 6) is -0.668. The van der Waals surface area contributed by atoms with Crippen LogP contribution in [0.25, 0.3) is 0 Å². The lowest BCUT2D eigenvalue weighted by atomic mass is 10.3. The molecule has 3 N–H and O–H groups in total. The monoisotopic (exact) mass is 382 g/mol. The number of nitrogens with one attached hydrogen (secondary N) is 1. The third-order valence-corrected chi connectivity index (χ3v) is 5.24. The summed E-state index contributed by atoms with van der Waals surface area (Å²) < 4.78 is 45.3. The molecule has 0 unspecified atom stereocenters. The average molecular weight is 384 g/mol. The van der Waals surface area contributed by atoms with Crippen molar-refractivity contribution in [2.75, 3.05) is 5.73 Å². The van der Waals surface area contributed by atoms with Crippen molar-refractivity contribution in [1.29, 1.82) is 0 Å². The van der Waals surface area contributed by atoms with E-state index in [0.717, 1.165) is 6.07 Å². The highest BCUT2D eigenvalue weighted by Gasteiger charge is 2.24. The van der Waals surface area contributed by atoms with Crippen LogP contribution in [0.4, 0.5) is 10.1 Å².